The zero-order valence-electron chi connectivity index (χ0n) is 17.0. The SMILES string of the molecule is CC(OC(=O)N1CCCCC1)C(=O)C=Cc1c(-c2ccccc2)nn2ccccc12. The van der Waals surface area contributed by atoms with Crippen molar-refractivity contribution < 1.29 is 14.3 Å². The van der Waals surface area contributed by atoms with Gasteiger partial charge in [0.2, 0.25) is 0 Å². The molecule has 0 radical (unpaired) electrons. The van der Waals surface area contributed by atoms with Crippen molar-refractivity contribution >= 4 is 23.5 Å². The molecule has 0 spiro atoms. The Morgan fingerprint density at radius 1 is 1.03 bits per heavy atom. The van der Waals surface area contributed by atoms with E-state index in [-0.39, 0.29) is 5.78 Å². The lowest BCUT2D eigenvalue weighted by Crippen LogP contribution is -2.38. The summed E-state index contributed by atoms with van der Waals surface area (Å²) in [6.45, 7) is 3.00. The predicted molar refractivity (Wildman–Crippen MR) is 116 cm³/mol. The fourth-order valence-corrected chi connectivity index (χ4v) is 3.65. The Balaban J connectivity index is 1.54. The standard InChI is InChI=1S/C24H25N3O3/c1-18(30-24(29)26-15-7-3-8-16-26)22(28)14-13-20-21-12-6-9-17-27(21)25-23(20)19-10-4-2-5-11-19/h2,4-6,9-14,17-18H,3,7-8,15-16H2,1H3. The summed E-state index contributed by atoms with van der Waals surface area (Å²) in [5.41, 5.74) is 3.52. The third-order valence-electron chi connectivity index (χ3n) is 5.33. The van der Waals surface area contributed by atoms with Crippen LogP contribution in [0.15, 0.2) is 60.8 Å². The maximum absolute atomic E-state index is 12.6. The molecule has 1 aromatic carbocycles. The molecule has 0 bridgehead atoms. The first-order valence-corrected chi connectivity index (χ1v) is 10.3. The number of ketones is 1. The monoisotopic (exact) mass is 403 g/mol. The number of nitrogens with zero attached hydrogens (tertiary/aromatic N) is 3. The van der Waals surface area contributed by atoms with Crippen LogP contribution in [0.5, 0.6) is 0 Å². The van der Waals surface area contributed by atoms with Crippen molar-refractivity contribution in [1.82, 2.24) is 14.5 Å². The molecule has 0 saturated carbocycles. The minimum Gasteiger partial charge on any atom is -0.438 e. The summed E-state index contributed by atoms with van der Waals surface area (Å²) >= 11 is 0. The number of pyridine rings is 1. The highest BCUT2D eigenvalue weighted by molar-refractivity contribution is 5.99. The van der Waals surface area contributed by atoms with Crippen molar-refractivity contribution in [3.05, 3.63) is 66.4 Å². The first-order valence-electron chi connectivity index (χ1n) is 10.3. The molecule has 154 valence electrons. The number of carbonyl (C=O) groups is 2. The summed E-state index contributed by atoms with van der Waals surface area (Å²) < 4.78 is 7.19. The van der Waals surface area contributed by atoms with Crippen LogP contribution in [-0.2, 0) is 9.53 Å². The molecule has 2 aromatic heterocycles. The van der Waals surface area contributed by atoms with Gasteiger partial charge in [-0.15, -0.1) is 0 Å². The van der Waals surface area contributed by atoms with Crippen LogP contribution in [0.25, 0.3) is 22.9 Å². The summed E-state index contributed by atoms with van der Waals surface area (Å²) in [5.74, 6) is -0.255. The molecule has 3 aromatic rings. The van der Waals surface area contributed by atoms with Crippen molar-refractivity contribution in [2.75, 3.05) is 13.1 Å². The van der Waals surface area contributed by atoms with Crippen LogP contribution < -0.4 is 0 Å². The average Bonchev–Trinajstić information content (AvgIpc) is 3.17. The van der Waals surface area contributed by atoms with Crippen LogP contribution in [0, 0.1) is 0 Å². The highest BCUT2D eigenvalue weighted by atomic mass is 16.6. The number of aromatic nitrogens is 2. The zero-order valence-corrected chi connectivity index (χ0v) is 17.0. The van der Waals surface area contributed by atoms with Gasteiger partial charge < -0.3 is 9.64 Å². The van der Waals surface area contributed by atoms with E-state index in [1.54, 1.807) is 22.4 Å². The summed E-state index contributed by atoms with van der Waals surface area (Å²) in [4.78, 5) is 26.6. The normalized spacial score (nSPS) is 15.4. The molecule has 4 rings (SSSR count). The van der Waals surface area contributed by atoms with E-state index in [0.29, 0.717) is 13.1 Å². The highest BCUT2D eigenvalue weighted by Crippen LogP contribution is 2.27. The van der Waals surface area contributed by atoms with Crippen molar-refractivity contribution in [2.45, 2.75) is 32.3 Å². The van der Waals surface area contributed by atoms with Gasteiger partial charge in [0.1, 0.15) is 5.69 Å². The molecule has 1 atom stereocenters. The first kappa shape index (κ1) is 19.9. The van der Waals surface area contributed by atoms with Gasteiger partial charge in [-0.3, -0.25) is 4.79 Å². The van der Waals surface area contributed by atoms with Crippen LogP contribution in [0.2, 0.25) is 0 Å². The molecular formula is C24H25N3O3. The average molecular weight is 403 g/mol. The second-order valence-electron chi connectivity index (χ2n) is 7.47. The number of hydrogen-bond donors (Lipinski definition) is 0. The number of rotatable bonds is 5. The van der Waals surface area contributed by atoms with E-state index in [4.69, 9.17) is 4.74 Å². The largest absolute Gasteiger partial charge is 0.438 e. The molecule has 3 heterocycles. The molecule has 1 aliphatic rings. The van der Waals surface area contributed by atoms with Gasteiger partial charge in [-0.1, -0.05) is 36.4 Å². The number of hydrogen-bond acceptors (Lipinski definition) is 4. The van der Waals surface area contributed by atoms with E-state index in [0.717, 1.165) is 41.6 Å². The number of carbonyl (C=O) groups excluding carboxylic acids is 2. The van der Waals surface area contributed by atoms with E-state index in [9.17, 15) is 9.59 Å². The van der Waals surface area contributed by atoms with Gasteiger partial charge in [0.15, 0.2) is 11.9 Å². The summed E-state index contributed by atoms with van der Waals surface area (Å²) in [7, 11) is 0. The van der Waals surface area contributed by atoms with Crippen molar-refractivity contribution in [3.8, 4) is 11.3 Å². The van der Waals surface area contributed by atoms with Gasteiger partial charge in [-0.25, -0.2) is 9.31 Å². The van der Waals surface area contributed by atoms with Crippen LogP contribution >= 0.6 is 0 Å². The van der Waals surface area contributed by atoms with Gasteiger partial charge in [0.25, 0.3) is 0 Å². The Labute approximate surface area is 175 Å². The minimum atomic E-state index is -0.835. The molecule has 1 saturated heterocycles. The van der Waals surface area contributed by atoms with Crippen LogP contribution in [0.1, 0.15) is 31.7 Å². The van der Waals surface area contributed by atoms with E-state index >= 15 is 0 Å². The molecule has 30 heavy (non-hydrogen) atoms. The molecule has 1 unspecified atom stereocenters. The van der Waals surface area contributed by atoms with E-state index in [1.165, 1.54) is 6.08 Å². The van der Waals surface area contributed by atoms with E-state index in [2.05, 4.69) is 5.10 Å². The van der Waals surface area contributed by atoms with Gasteiger partial charge in [0, 0.05) is 30.4 Å². The Kier molecular flexibility index (Phi) is 5.93. The number of likely N-dealkylation sites (tertiary alicyclic amines) is 1. The molecule has 6 nitrogen and oxygen atoms in total. The summed E-state index contributed by atoms with van der Waals surface area (Å²) in [6.07, 6.45) is 6.96. The number of benzene rings is 1. The molecule has 0 N–H and O–H groups in total. The van der Waals surface area contributed by atoms with Gasteiger partial charge in [-0.05, 0) is 50.5 Å². The van der Waals surface area contributed by atoms with Gasteiger partial charge in [-0.2, -0.15) is 5.10 Å². The Hall–Kier alpha value is -3.41. The summed E-state index contributed by atoms with van der Waals surface area (Å²) in [6, 6.07) is 15.7. The third-order valence-corrected chi connectivity index (χ3v) is 5.33. The third kappa shape index (κ3) is 4.27. The van der Waals surface area contributed by atoms with Crippen molar-refractivity contribution in [3.63, 3.8) is 0 Å². The topological polar surface area (TPSA) is 63.9 Å². The molecule has 6 heteroatoms. The lowest BCUT2D eigenvalue weighted by atomic mass is 10.1. The number of fused-ring (bicyclic) bond motifs is 1. The van der Waals surface area contributed by atoms with Gasteiger partial charge >= 0.3 is 6.09 Å². The highest BCUT2D eigenvalue weighted by Gasteiger charge is 2.22. The number of amides is 1. The second-order valence-corrected chi connectivity index (χ2v) is 7.47. The molecule has 1 fully saturated rings. The number of ether oxygens (including phenoxy) is 1. The Morgan fingerprint density at radius 3 is 2.53 bits per heavy atom. The van der Waals surface area contributed by atoms with Crippen LogP contribution in [0.3, 0.4) is 0 Å². The molecular weight excluding hydrogens is 378 g/mol. The van der Waals surface area contributed by atoms with E-state index < -0.39 is 12.2 Å². The lowest BCUT2D eigenvalue weighted by Gasteiger charge is -2.26. The van der Waals surface area contributed by atoms with E-state index in [1.807, 2.05) is 54.7 Å². The van der Waals surface area contributed by atoms with Crippen LogP contribution in [0.4, 0.5) is 4.79 Å². The maximum atomic E-state index is 12.6. The van der Waals surface area contributed by atoms with Crippen molar-refractivity contribution in [1.29, 1.82) is 0 Å². The Morgan fingerprint density at radius 2 is 1.77 bits per heavy atom. The smallest absolute Gasteiger partial charge is 0.410 e. The fourth-order valence-electron chi connectivity index (χ4n) is 3.65. The predicted octanol–water partition coefficient (Wildman–Crippen LogP) is 4.59. The van der Waals surface area contributed by atoms with Crippen molar-refractivity contribution in [2.24, 2.45) is 0 Å². The quantitative estimate of drug-likeness (QED) is 0.584. The molecule has 0 aliphatic carbocycles. The Bertz CT molecular complexity index is 1070. The molecule has 1 amide bonds. The van der Waals surface area contributed by atoms with Crippen LogP contribution in [-0.4, -0.2) is 45.6 Å². The van der Waals surface area contributed by atoms with Gasteiger partial charge in [0.05, 0.1) is 5.52 Å². The lowest BCUT2D eigenvalue weighted by molar-refractivity contribution is -0.122. The first-order chi connectivity index (χ1) is 14.6. The number of piperidine rings is 1. The zero-order chi connectivity index (χ0) is 20.9. The minimum absolute atomic E-state index is 0.255. The maximum Gasteiger partial charge on any atom is 0.410 e. The second kappa shape index (κ2) is 8.95. The fraction of sp³-hybridized carbons (Fsp3) is 0.292. The molecule has 1 aliphatic heterocycles. The summed E-state index contributed by atoms with van der Waals surface area (Å²) in [5, 5.41) is 4.68.